The van der Waals surface area contributed by atoms with Crippen LogP contribution in [-0.4, -0.2) is 46.3 Å². The molecule has 2 rings (SSSR count). The van der Waals surface area contributed by atoms with Gasteiger partial charge in [-0.25, -0.2) is 0 Å². The second kappa shape index (κ2) is 7.28. The van der Waals surface area contributed by atoms with Gasteiger partial charge in [0, 0.05) is 5.56 Å². The van der Waals surface area contributed by atoms with E-state index in [9.17, 15) is 19.7 Å². The van der Waals surface area contributed by atoms with Crippen LogP contribution in [0.4, 0.5) is 0 Å². The molecule has 118 valence electrons. The van der Waals surface area contributed by atoms with Gasteiger partial charge in [-0.3, -0.25) is 9.59 Å². The van der Waals surface area contributed by atoms with E-state index in [1.165, 1.54) is 6.07 Å². The van der Waals surface area contributed by atoms with Crippen molar-refractivity contribution in [2.24, 2.45) is 0 Å². The number of aliphatic carboxylic acids is 1. The van der Waals surface area contributed by atoms with Crippen LogP contribution in [0.15, 0.2) is 24.3 Å². The number of carboxylic acid groups (broad SMARTS) is 1. The third kappa shape index (κ3) is 4.47. The maximum absolute atomic E-state index is 12.0. The van der Waals surface area contributed by atoms with Crippen LogP contribution in [0.25, 0.3) is 0 Å². The molecule has 1 heterocycles. The molecule has 1 fully saturated rings. The van der Waals surface area contributed by atoms with Gasteiger partial charge in [0.1, 0.15) is 5.75 Å². The number of amides is 1. The van der Waals surface area contributed by atoms with E-state index in [1.807, 2.05) is 0 Å². The molecule has 2 atom stereocenters. The van der Waals surface area contributed by atoms with Gasteiger partial charge in [0.15, 0.2) is 0 Å². The number of aromatic hydroxyl groups is 1. The number of phenols is 1. The summed E-state index contributed by atoms with van der Waals surface area (Å²) in [5.74, 6) is -1.87. The van der Waals surface area contributed by atoms with E-state index >= 15 is 0 Å². The minimum absolute atomic E-state index is 0.00551. The highest BCUT2D eigenvalue weighted by molar-refractivity contribution is 6.45. The normalized spacial score (nSPS) is 21.4. The number of benzene rings is 1. The molecule has 1 aromatic rings. The monoisotopic (exact) mass is 307 g/mol. The van der Waals surface area contributed by atoms with Crippen molar-refractivity contribution in [1.29, 1.82) is 0 Å². The number of nitrogens with one attached hydrogen (secondary N) is 1. The first kappa shape index (κ1) is 16.3. The summed E-state index contributed by atoms with van der Waals surface area (Å²) >= 11 is 0. The van der Waals surface area contributed by atoms with Crippen LogP contribution in [0.3, 0.4) is 0 Å². The van der Waals surface area contributed by atoms with Crippen molar-refractivity contribution in [3.05, 3.63) is 29.8 Å². The number of hydrogen-bond acceptors (Lipinski definition) is 5. The lowest BCUT2D eigenvalue weighted by Gasteiger charge is -2.30. The summed E-state index contributed by atoms with van der Waals surface area (Å²) in [4.78, 5) is 22.6. The summed E-state index contributed by atoms with van der Waals surface area (Å²) in [6, 6.07) is 6.53. The van der Waals surface area contributed by atoms with Crippen molar-refractivity contribution < 1.29 is 29.5 Å². The summed E-state index contributed by atoms with van der Waals surface area (Å²) in [6.45, 7) is 0. The van der Waals surface area contributed by atoms with Gasteiger partial charge < -0.3 is 25.2 Å². The molecule has 0 bridgehead atoms. The number of phenolic OH excluding ortho intramolecular Hbond substituents is 1. The third-order valence-corrected chi connectivity index (χ3v) is 3.57. The van der Waals surface area contributed by atoms with Crippen LogP contribution in [0.5, 0.6) is 5.75 Å². The molecule has 7 nitrogen and oxygen atoms in total. The van der Waals surface area contributed by atoms with Crippen LogP contribution in [-0.2, 0) is 20.7 Å². The van der Waals surface area contributed by atoms with Crippen molar-refractivity contribution >= 4 is 19.0 Å². The lowest BCUT2D eigenvalue weighted by atomic mass is 9.72. The molecule has 1 aromatic carbocycles. The summed E-state index contributed by atoms with van der Waals surface area (Å²) < 4.78 is 5.20. The lowest BCUT2D eigenvalue weighted by molar-refractivity contribution is -0.139. The van der Waals surface area contributed by atoms with Crippen molar-refractivity contribution in [2.45, 2.75) is 37.7 Å². The number of hydrogen-bond donors (Lipinski definition) is 4. The molecule has 22 heavy (non-hydrogen) atoms. The minimum atomic E-state index is -1.23. The molecule has 4 N–H and O–H groups in total. The fourth-order valence-corrected chi connectivity index (χ4v) is 2.45. The molecule has 0 saturated carbocycles. The Labute approximate surface area is 128 Å². The second-order valence-corrected chi connectivity index (χ2v) is 5.30. The maximum atomic E-state index is 12.0. The van der Waals surface area contributed by atoms with Crippen LogP contribution < -0.4 is 5.32 Å². The Kier molecular flexibility index (Phi) is 5.40. The molecule has 0 spiro atoms. The smallest absolute Gasteiger partial charge is 0.478 e. The Hall–Kier alpha value is -2.06. The Balaban J connectivity index is 1.85. The van der Waals surface area contributed by atoms with E-state index < -0.39 is 25.1 Å². The highest BCUT2D eigenvalue weighted by Gasteiger charge is 2.36. The highest BCUT2D eigenvalue weighted by atomic mass is 16.5. The summed E-state index contributed by atoms with van der Waals surface area (Å²) in [7, 11) is -1.23. The van der Waals surface area contributed by atoms with Crippen LogP contribution in [0.2, 0.25) is 0 Å². The molecule has 1 saturated heterocycles. The first-order valence-electron chi connectivity index (χ1n) is 7.07. The Morgan fingerprint density at radius 2 is 2.05 bits per heavy atom. The first-order valence-corrected chi connectivity index (χ1v) is 7.07. The van der Waals surface area contributed by atoms with Gasteiger partial charge in [-0.1, -0.05) is 18.2 Å². The lowest BCUT2D eigenvalue weighted by Crippen LogP contribution is -2.53. The van der Waals surface area contributed by atoms with E-state index in [0.717, 1.165) is 0 Å². The molecule has 0 radical (unpaired) electrons. The average molecular weight is 307 g/mol. The molecule has 8 heteroatoms. The Morgan fingerprint density at radius 1 is 1.32 bits per heavy atom. The van der Waals surface area contributed by atoms with Crippen molar-refractivity contribution in [3.63, 3.8) is 0 Å². The van der Waals surface area contributed by atoms with Gasteiger partial charge in [0.05, 0.1) is 24.9 Å². The zero-order valence-corrected chi connectivity index (χ0v) is 11.9. The van der Waals surface area contributed by atoms with Crippen LogP contribution in [0.1, 0.15) is 24.8 Å². The molecule has 1 aliphatic heterocycles. The van der Waals surface area contributed by atoms with E-state index in [4.69, 9.17) is 9.76 Å². The van der Waals surface area contributed by atoms with Crippen molar-refractivity contribution in [3.8, 4) is 5.75 Å². The van der Waals surface area contributed by atoms with Crippen molar-refractivity contribution in [1.82, 2.24) is 5.32 Å². The number of carbonyl (C=O) groups is 2. The van der Waals surface area contributed by atoms with Gasteiger partial charge >= 0.3 is 13.1 Å². The predicted octanol–water partition coefficient (Wildman–Crippen LogP) is 0.0929. The number of para-hydroxylation sites is 1. The van der Waals surface area contributed by atoms with Crippen LogP contribution >= 0.6 is 0 Å². The molecule has 0 aliphatic carbocycles. The third-order valence-electron chi connectivity index (χ3n) is 3.57. The van der Waals surface area contributed by atoms with Gasteiger partial charge in [-0.05, 0) is 18.9 Å². The fraction of sp³-hybridized carbons (Fsp3) is 0.429. The van der Waals surface area contributed by atoms with Crippen LogP contribution in [0, 0.1) is 0 Å². The zero-order valence-electron chi connectivity index (χ0n) is 11.9. The standard InChI is InChI=1S/C14H18BNO6/c17-11-4-2-1-3-9(11)7-13(18)16-12-6-5-10(8-14(19)20)22-15(12)21/h1-4,10,12,17,21H,5-8H2,(H,16,18)(H,19,20)/t10-,12-/m0/s1. The molecule has 0 aromatic heterocycles. The van der Waals surface area contributed by atoms with E-state index in [0.29, 0.717) is 18.4 Å². The zero-order chi connectivity index (χ0) is 16.1. The minimum Gasteiger partial charge on any atom is -0.508 e. The Bertz CT molecular complexity index is 552. The summed E-state index contributed by atoms with van der Waals surface area (Å²) in [5.41, 5.74) is 0.495. The first-order chi connectivity index (χ1) is 10.5. The van der Waals surface area contributed by atoms with E-state index in [-0.39, 0.29) is 24.5 Å². The highest BCUT2D eigenvalue weighted by Crippen LogP contribution is 2.20. The predicted molar refractivity (Wildman–Crippen MR) is 78.1 cm³/mol. The van der Waals surface area contributed by atoms with Gasteiger partial charge in [-0.15, -0.1) is 0 Å². The SMILES string of the molecule is O=C(O)C[C@@H]1CC[C@H](NC(=O)Cc2ccccc2O)B(O)O1. The number of carboxylic acids is 1. The molecular formula is C14H18BNO6. The quantitative estimate of drug-likeness (QED) is 0.573. The summed E-state index contributed by atoms with van der Waals surface area (Å²) in [5, 5.41) is 30.8. The van der Waals surface area contributed by atoms with E-state index in [2.05, 4.69) is 5.32 Å². The second-order valence-electron chi connectivity index (χ2n) is 5.30. The average Bonchev–Trinajstić information content (AvgIpc) is 2.44. The molecule has 1 aliphatic rings. The number of carbonyl (C=O) groups excluding carboxylic acids is 1. The maximum Gasteiger partial charge on any atom is 0.478 e. The fourth-order valence-electron chi connectivity index (χ4n) is 2.45. The van der Waals surface area contributed by atoms with E-state index in [1.54, 1.807) is 18.2 Å². The summed E-state index contributed by atoms with van der Waals surface area (Å²) in [6.07, 6.45) is 0.166. The number of rotatable bonds is 5. The topological polar surface area (TPSA) is 116 Å². The molecule has 1 amide bonds. The molecular weight excluding hydrogens is 289 g/mol. The molecule has 0 unspecified atom stereocenters. The van der Waals surface area contributed by atoms with Gasteiger partial charge in [0.2, 0.25) is 5.91 Å². The van der Waals surface area contributed by atoms with Crippen molar-refractivity contribution in [2.75, 3.05) is 0 Å². The Morgan fingerprint density at radius 3 is 2.68 bits per heavy atom. The largest absolute Gasteiger partial charge is 0.508 e. The van der Waals surface area contributed by atoms with Gasteiger partial charge in [-0.2, -0.15) is 0 Å². The van der Waals surface area contributed by atoms with Gasteiger partial charge in [0.25, 0.3) is 0 Å².